The lowest BCUT2D eigenvalue weighted by atomic mass is 9.95. The summed E-state index contributed by atoms with van der Waals surface area (Å²) in [6, 6.07) is 1.92. The molecule has 1 aliphatic rings. The second kappa shape index (κ2) is 5.76. The van der Waals surface area contributed by atoms with Gasteiger partial charge in [-0.3, -0.25) is 0 Å². The predicted molar refractivity (Wildman–Crippen MR) is 77.8 cm³/mol. The number of aromatic nitrogens is 2. The van der Waals surface area contributed by atoms with Gasteiger partial charge in [0.05, 0.1) is 0 Å². The summed E-state index contributed by atoms with van der Waals surface area (Å²) in [5, 5.41) is 3.33. The lowest BCUT2D eigenvalue weighted by Gasteiger charge is -2.27. The van der Waals surface area contributed by atoms with E-state index in [1.807, 2.05) is 6.07 Å². The first-order valence-electron chi connectivity index (χ1n) is 7.29. The summed E-state index contributed by atoms with van der Waals surface area (Å²) in [7, 11) is 0. The Morgan fingerprint density at radius 1 is 1.32 bits per heavy atom. The van der Waals surface area contributed by atoms with Crippen LogP contribution in [0.3, 0.4) is 0 Å². The molecule has 1 aromatic rings. The molecule has 1 fully saturated rings. The van der Waals surface area contributed by atoms with E-state index in [-0.39, 0.29) is 5.41 Å². The number of hydrogen-bond donors (Lipinski definition) is 1. The van der Waals surface area contributed by atoms with Crippen molar-refractivity contribution in [2.75, 3.05) is 11.9 Å². The van der Waals surface area contributed by atoms with Crippen molar-refractivity contribution >= 4 is 5.82 Å². The quantitative estimate of drug-likeness (QED) is 0.883. The van der Waals surface area contributed by atoms with Crippen LogP contribution in [0.1, 0.15) is 59.2 Å². The summed E-state index contributed by atoms with van der Waals surface area (Å²) in [5.41, 5.74) is -0.0678. The Morgan fingerprint density at radius 3 is 2.58 bits per heavy atom. The molecule has 4 heteroatoms. The zero-order valence-corrected chi connectivity index (χ0v) is 12.5. The molecule has 0 aliphatic heterocycles. The van der Waals surface area contributed by atoms with Crippen molar-refractivity contribution in [2.45, 2.75) is 64.9 Å². The predicted octanol–water partition coefficient (Wildman–Crippen LogP) is 3.53. The molecule has 2 rings (SSSR count). The molecule has 1 saturated carbocycles. The Balaban J connectivity index is 2.19. The summed E-state index contributed by atoms with van der Waals surface area (Å²) in [6.07, 6.45) is 4.98. The number of nitrogens with zero attached hydrogens (tertiary/aromatic N) is 2. The maximum Gasteiger partial charge on any atom is 0.219 e. The van der Waals surface area contributed by atoms with Gasteiger partial charge in [-0.1, -0.05) is 27.7 Å². The van der Waals surface area contributed by atoms with E-state index >= 15 is 0 Å². The normalized spacial score (nSPS) is 16.0. The molecule has 0 atom stereocenters. The van der Waals surface area contributed by atoms with Gasteiger partial charge in [-0.2, -0.15) is 4.98 Å². The van der Waals surface area contributed by atoms with Crippen molar-refractivity contribution in [1.29, 1.82) is 0 Å². The van der Waals surface area contributed by atoms with Crippen LogP contribution in [0, 0.1) is 0 Å². The molecule has 1 N–H and O–H groups in total. The molecule has 0 saturated heterocycles. The Kier molecular flexibility index (Phi) is 4.27. The van der Waals surface area contributed by atoms with Crippen LogP contribution in [-0.2, 0) is 5.41 Å². The Hall–Kier alpha value is -1.32. The molecule has 1 heterocycles. The molecule has 0 unspecified atom stereocenters. The highest BCUT2D eigenvalue weighted by Crippen LogP contribution is 2.27. The van der Waals surface area contributed by atoms with Crippen LogP contribution in [0.5, 0.6) is 5.88 Å². The summed E-state index contributed by atoms with van der Waals surface area (Å²) in [6.45, 7) is 9.44. The minimum absolute atomic E-state index is 0.0678. The van der Waals surface area contributed by atoms with Gasteiger partial charge in [-0.25, -0.2) is 4.98 Å². The Morgan fingerprint density at radius 2 is 2.05 bits per heavy atom. The molecule has 4 nitrogen and oxygen atoms in total. The first kappa shape index (κ1) is 14.1. The highest BCUT2D eigenvalue weighted by molar-refractivity contribution is 5.39. The van der Waals surface area contributed by atoms with Crippen molar-refractivity contribution < 1.29 is 4.74 Å². The van der Waals surface area contributed by atoms with Crippen molar-refractivity contribution in [3.63, 3.8) is 0 Å². The number of anilines is 1. The fraction of sp³-hybridized carbons (Fsp3) is 0.733. The SMILES string of the molecule is CCCNc1cc(OC2CCC2)nc(C(C)(C)C)n1. The van der Waals surface area contributed by atoms with Gasteiger partial charge in [0, 0.05) is 18.0 Å². The molecule has 0 spiro atoms. The molecular formula is C15H25N3O. The molecule has 0 amide bonds. The zero-order valence-electron chi connectivity index (χ0n) is 12.5. The number of hydrogen-bond acceptors (Lipinski definition) is 4. The van der Waals surface area contributed by atoms with Crippen LogP contribution in [0.2, 0.25) is 0 Å². The van der Waals surface area contributed by atoms with Gasteiger partial charge in [0.15, 0.2) is 0 Å². The number of ether oxygens (including phenoxy) is 1. The number of nitrogens with one attached hydrogen (secondary N) is 1. The van der Waals surface area contributed by atoms with Gasteiger partial charge in [-0.05, 0) is 25.7 Å². The second-order valence-electron chi connectivity index (χ2n) is 6.26. The van der Waals surface area contributed by atoms with Crippen molar-refractivity contribution in [3.8, 4) is 5.88 Å². The molecule has 0 aromatic carbocycles. The fourth-order valence-electron chi connectivity index (χ4n) is 1.82. The van der Waals surface area contributed by atoms with E-state index < -0.39 is 0 Å². The van der Waals surface area contributed by atoms with Crippen LogP contribution in [0.25, 0.3) is 0 Å². The molecule has 1 aromatic heterocycles. The van der Waals surface area contributed by atoms with Gasteiger partial charge in [0.2, 0.25) is 5.88 Å². The summed E-state index contributed by atoms with van der Waals surface area (Å²) < 4.78 is 5.92. The Bertz CT molecular complexity index is 422. The van der Waals surface area contributed by atoms with Crippen molar-refractivity contribution in [2.24, 2.45) is 0 Å². The smallest absolute Gasteiger partial charge is 0.219 e. The first-order chi connectivity index (χ1) is 8.99. The molecule has 19 heavy (non-hydrogen) atoms. The van der Waals surface area contributed by atoms with E-state index in [1.165, 1.54) is 6.42 Å². The van der Waals surface area contributed by atoms with Crippen LogP contribution in [-0.4, -0.2) is 22.6 Å². The third kappa shape index (κ3) is 3.82. The summed E-state index contributed by atoms with van der Waals surface area (Å²) >= 11 is 0. The van der Waals surface area contributed by atoms with E-state index in [0.717, 1.165) is 37.4 Å². The Labute approximate surface area is 116 Å². The molecule has 0 bridgehead atoms. The van der Waals surface area contributed by atoms with Crippen LogP contribution >= 0.6 is 0 Å². The maximum atomic E-state index is 5.92. The third-order valence-electron chi connectivity index (χ3n) is 3.27. The molecule has 0 radical (unpaired) electrons. The van der Waals surface area contributed by atoms with Crippen LogP contribution in [0.15, 0.2) is 6.07 Å². The molecule has 1 aliphatic carbocycles. The topological polar surface area (TPSA) is 47.0 Å². The first-order valence-corrected chi connectivity index (χ1v) is 7.29. The zero-order chi connectivity index (χ0) is 13.9. The third-order valence-corrected chi connectivity index (χ3v) is 3.27. The average Bonchev–Trinajstić information content (AvgIpc) is 2.30. The minimum Gasteiger partial charge on any atom is -0.474 e. The van der Waals surface area contributed by atoms with Crippen molar-refractivity contribution in [1.82, 2.24) is 9.97 Å². The highest BCUT2D eigenvalue weighted by atomic mass is 16.5. The van der Waals surface area contributed by atoms with E-state index in [1.54, 1.807) is 0 Å². The van der Waals surface area contributed by atoms with Gasteiger partial charge >= 0.3 is 0 Å². The highest BCUT2D eigenvalue weighted by Gasteiger charge is 2.23. The van der Waals surface area contributed by atoms with Gasteiger partial charge < -0.3 is 10.1 Å². The lowest BCUT2D eigenvalue weighted by molar-refractivity contribution is 0.114. The second-order valence-corrected chi connectivity index (χ2v) is 6.26. The van der Waals surface area contributed by atoms with Gasteiger partial charge in [0.1, 0.15) is 17.7 Å². The fourth-order valence-corrected chi connectivity index (χ4v) is 1.82. The van der Waals surface area contributed by atoms with Crippen LogP contribution in [0.4, 0.5) is 5.82 Å². The van der Waals surface area contributed by atoms with E-state index in [2.05, 4.69) is 43.0 Å². The van der Waals surface area contributed by atoms with E-state index in [9.17, 15) is 0 Å². The monoisotopic (exact) mass is 263 g/mol. The largest absolute Gasteiger partial charge is 0.474 e. The van der Waals surface area contributed by atoms with E-state index in [4.69, 9.17) is 4.74 Å². The maximum absolute atomic E-state index is 5.92. The van der Waals surface area contributed by atoms with E-state index in [0.29, 0.717) is 12.0 Å². The molecular weight excluding hydrogens is 238 g/mol. The standard InChI is InChI=1S/C15H25N3O/c1-5-9-16-12-10-13(19-11-7-6-8-11)18-14(17-12)15(2,3)4/h10-11H,5-9H2,1-4H3,(H,16,17,18). The average molecular weight is 263 g/mol. The molecule has 106 valence electrons. The van der Waals surface area contributed by atoms with Gasteiger partial charge in [-0.15, -0.1) is 0 Å². The summed E-state index contributed by atoms with van der Waals surface area (Å²) in [4.78, 5) is 9.15. The number of rotatable bonds is 5. The van der Waals surface area contributed by atoms with Crippen LogP contribution < -0.4 is 10.1 Å². The minimum atomic E-state index is -0.0678. The van der Waals surface area contributed by atoms with Gasteiger partial charge in [0.25, 0.3) is 0 Å². The summed E-state index contributed by atoms with van der Waals surface area (Å²) in [5.74, 6) is 2.42. The van der Waals surface area contributed by atoms with Crippen molar-refractivity contribution in [3.05, 3.63) is 11.9 Å². The lowest BCUT2D eigenvalue weighted by Crippen LogP contribution is -2.26.